The van der Waals surface area contributed by atoms with Crippen molar-refractivity contribution in [1.82, 2.24) is 0 Å². The second-order valence-electron chi connectivity index (χ2n) is 7.57. The summed E-state index contributed by atoms with van der Waals surface area (Å²) >= 11 is 0. The Labute approximate surface area is 141 Å². The molecule has 0 rings (SSSR count). The molecule has 22 heavy (non-hydrogen) atoms. The first kappa shape index (κ1) is 21.5. The molecule has 0 unspecified atom stereocenters. The number of rotatable bonds is 10. The van der Waals surface area contributed by atoms with E-state index in [0.717, 1.165) is 19.4 Å². The van der Waals surface area contributed by atoms with Crippen LogP contribution in [0.15, 0.2) is 12.2 Å². The van der Waals surface area contributed by atoms with Gasteiger partial charge >= 0.3 is 0 Å². The molecule has 0 aromatic carbocycles. The molecule has 0 amide bonds. The average Bonchev–Trinajstić information content (AvgIpc) is 2.42. The Hall–Kier alpha value is -0.523. The summed E-state index contributed by atoms with van der Waals surface area (Å²) in [6, 6.07) is 0. The minimum atomic E-state index is -1.58. The van der Waals surface area contributed by atoms with E-state index < -0.39 is 8.32 Å². The first-order valence-electron chi connectivity index (χ1n) is 9.06. The summed E-state index contributed by atoms with van der Waals surface area (Å²) in [5, 5.41) is 0.296. The van der Waals surface area contributed by atoms with E-state index in [-0.39, 0.29) is 0 Å². The molecule has 0 N–H and O–H groups in total. The molecule has 0 aromatic rings. The van der Waals surface area contributed by atoms with Crippen LogP contribution in [-0.4, -0.2) is 14.9 Å². The smallest absolute Gasteiger partial charge is 0.192 e. The molecule has 0 aliphatic rings. The largest absolute Gasteiger partial charge is 0.416 e. The Morgan fingerprint density at radius 3 is 2.09 bits per heavy atom. The third-order valence-electron chi connectivity index (χ3n) is 4.43. The average molecular weight is 323 g/mol. The predicted molar refractivity (Wildman–Crippen MR) is 103 cm³/mol. The molecule has 128 valence electrons. The molecule has 2 heteroatoms. The summed E-state index contributed by atoms with van der Waals surface area (Å²) in [6.45, 7) is 14.5. The van der Waals surface area contributed by atoms with Crippen LogP contribution in [-0.2, 0) is 4.43 Å². The van der Waals surface area contributed by atoms with Crippen LogP contribution in [0.4, 0.5) is 0 Å². The lowest BCUT2D eigenvalue weighted by molar-refractivity contribution is 0.296. The fraction of sp³-hybridized carbons (Fsp3) is 0.800. The summed E-state index contributed by atoms with van der Waals surface area (Å²) in [5.41, 5.74) is 0. The van der Waals surface area contributed by atoms with Crippen LogP contribution < -0.4 is 0 Å². The molecule has 0 aliphatic heterocycles. The summed E-state index contributed by atoms with van der Waals surface area (Å²) in [6.07, 6.45) is 14.1. The Kier molecular flexibility index (Phi) is 11.7. The molecule has 0 atom stereocenters. The number of unbranched alkanes of at least 4 members (excludes halogenated alkanes) is 5. The lowest BCUT2D eigenvalue weighted by atomic mass is 10.1. The van der Waals surface area contributed by atoms with Gasteiger partial charge in [0.15, 0.2) is 8.32 Å². The zero-order valence-corrected chi connectivity index (χ0v) is 16.9. The molecule has 1 nitrogen and oxygen atoms in total. The van der Waals surface area contributed by atoms with E-state index in [0.29, 0.717) is 5.04 Å². The van der Waals surface area contributed by atoms with Gasteiger partial charge in [0, 0.05) is 19.4 Å². The predicted octanol–water partition coefficient (Wildman–Crippen LogP) is 6.71. The zero-order chi connectivity index (χ0) is 16.9. The highest BCUT2D eigenvalue weighted by Gasteiger charge is 2.36. The minimum Gasteiger partial charge on any atom is -0.416 e. The van der Waals surface area contributed by atoms with Gasteiger partial charge < -0.3 is 4.43 Å². The second kappa shape index (κ2) is 12.0. The van der Waals surface area contributed by atoms with E-state index in [2.05, 4.69) is 64.8 Å². The Balaban J connectivity index is 3.58. The molecule has 0 spiro atoms. The molecule has 0 heterocycles. The highest BCUT2D eigenvalue weighted by atomic mass is 28.4. The Bertz CT molecular complexity index is 352. The van der Waals surface area contributed by atoms with Crippen LogP contribution >= 0.6 is 0 Å². The third kappa shape index (κ3) is 11.1. The van der Waals surface area contributed by atoms with Crippen molar-refractivity contribution in [3.63, 3.8) is 0 Å². The summed E-state index contributed by atoms with van der Waals surface area (Å²) in [7, 11) is -1.58. The normalized spacial score (nSPS) is 12.5. The van der Waals surface area contributed by atoms with Crippen molar-refractivity contribution in [2.24, 2.45) is 0 Å². The van der Waals surface area contributed by atoms with E-state index in [1.807, 2.05) is 0 Å². The van der Waals surface area contributed by atoms with Gasteiger partial charge in [0.05, 0.1) is 0 Å². The van der Waals surface area contributed by atoms with Crippen molar-refractivity contribution in [2.45, 2.75) is 97.2 Å². The van der Waals surface area contributed by atoms with Crippen molar-refractivity contribution >= 4 is 8.32 Å². The van der Waals surface area contributed by atoms with E-state index in [4.69, 9.17) is 4.43 Å². The molecule has 0 saturated carbocycles. The van der Waals surface area contributed by atoms with Gasteiger partial charge in [0.2, 0.25) is 0 Å². The van der Waals surface area contributed by atoms with Crippen molar-refractivity contribution in [1.29, 1.82) is 0 Å². The van der Waals surface area contributed by atoms with E-state index in [9.17, 15) is 0 Å². The molecule has 0 fully saturated rings. The quantitative estimate of drug-likeness (QED) is 0.188. The van der Waals surface area contributed by atoms with Crippen molar-refractivity contribution in [3.8, 4) is 11.8 Å². The summed E-state index contributed by atoms with van der Waals surface area (Å²) < 4.78 is 6.11. The highest BCUT2D eigenvalue weighted by molar-refractivity contribution is 6.74. The van der Waals surface area contributed by atoms with Gasteiger partial charge in [-0.3, -0.25) is 0 Å². The van der Waals surface area contributed by atoms with Crippen LogP contribution in [0.1, 0.15) is 79.1 Å². The van der Waals surface area contributed by atoms with Gasteiger partial charge in [-0.2, -0.15) is 0 Å². The lowest BCUT2D eigenvalue weighted by Crippen LogP contribution is -2.40. The van der Waals surface area contributed by atoms with Gasteiger partial charge in [-0.1, -0.05) is 52.7 Å². The van der Waals surface area contributed by atoms with E-state index in [1.165, 1.54) is 38.5 Å². The van der Waals surface area contributed by atoms with Gasteiger partial charge in [0.25, 0.3) is 0 Å². The number of allylic oxidation sites excluding steroid dienone is 2. The van der Waals surface area contributed by atoms with Crippen LogP contribution in [0, 0.1) is 11.8 Å². The van der Waals surface area contributed by atoms with Gasteiger partial charge in [-0.25, -0.2) is 0 Å². The molecule has 0 bridgehead atoms. The number of hydrogen-bond acceptors (Lipinski definition) is 1. The monoisotopic (exact) mass is 322 g/mol. The third-order valence-corrected chi connectivity index (χ3v) is 8.97. The molecule has 0 saturated heterocycles. The standard InChI is InChI=1S/C20H38OSi/c1-7-8-9-10-11-12-13-14-15-16-17-18-19-21-22(5,6)20(2,3)4/h11-12H,7-10,13-15,18-19H2,1-6H3/b12-11-. The van der Waals surface area contributed by atoms with Crippen LogP contribution in [0.5, 0.6) is 0 Å². The Morgan fingerprint density at radius 1 is 0.909 bits per heavy atom. The molecule has 0 aromatic heterocycles. The van der Waals surface area contributed by atoms with Gasteiger partial charge in [-0.15, -0.1) is 11.8 Å². The van der Waals surface area contributed by atoms with Crippen LogP contribution in [0.25, 0.3) is 0 Å². The maximum absolute atomic E-state index is 6.11. The lowest BCUT2D eigenvalue weighted by Gasteiger charge is -2.35. The minimum absolute atomic E-state index is 0.296. The highest BCUT2D eigenvalue weighted by Crippen LogP contribution is 2.36. The van der Waals surface area contributed by atoms with E-state index in [1.54, 1.807) is 0 Å². The topological polar surface area (TPSA) is 9.23 Å². The van der Waals surface area contributed by atoms with Crippen molar-refractivity contribution in [3.05, 3.63) is 12.2 Å². The maximum Gasteiger partial charge on any atom is 0.192 e. The SMILES string of the molecule is CCCCC/C=C\CCCC#CCCO[Si](C)(C)C(C)(C)C. The first-order chi connectivity index (χ1) is 10.3. The maximum atomic E-state index is 6.11. The summed E-state index contributed by atoms with van der Waals surface area (Å²) in [5.74, 6) is 6.52. The van der Waals surface area contributed by atoms with Gasteiger partial charge in [-0.05, 0) is 43.8 Å². The number of hydrogen-bond donors (Lipinski definition) is 0. The van der Waals surface area contributed by atoms with Crippen LogP contribution in [0.3, 0.4) is 0 Å². The first-order valence-corrected chi connectivity index (χ1v) is 12.0. The summed E-state index contributed by atoms with van der Waals surface area (Å²) in [4.78, 5) is 0. The fourth-order valence-electron chi connectivity index (χ4n) is 1.81. The van der Waals surface area contributed by atoms with E-state index >= 15 is 0 Å². The fourth-order valence-corrected chi connectivity index (χ4v) is 2.85. The molecular formula is C20H38OSi. The second-order valence-corrected chi connectivity index (χ2v) is 12.4. The zero-order valence-electron chi connectivity index (χ0n) is 15.9. The Morgan fingerprint density at radius 2 is 1.50 bits per heavy atom. The van der Waals surface area contributed by atoms with Crippen molar-refractivity contribution < 1.29 is 4.43 Å². The van der Waals surface area contributed by atoms with Gasteiger partial charge in [0.1, 0.15) is 0 Å². The molecule has 0 radical (unpaired) electrons. The molecule has 0 aliphatic carbocycles. The van der Waals surface area contributed by atoms with Crippen LogP contribution in [0.2, 0.25) is 18.1 Å². The molecular weight excluding hydrogens is 284 g/mol. The van der Waals surface area contributed by atoms with Crippen molar-refractivity contribution in [2.75, 3.05) is 6.61 Å².